The Kier molecular flexibility index (Phi) is 7.29. The van der Waals surface area contributed by atoms with Gasteiger partial charge in [0.05, 0.1) is 12.2 Å². The molecule has 3 aliphatic heterocycles. The minimum absolute atomic E-state index is 0.173. The van der Waals surface area contributed by atoms with Gasteiger partial charge in [-0.05, 0) is 71.2 Å². The second kappa shape index (κ2) is 10.6. The van der Waals surface area contributed by atoms with Crippen LogP contribution >= 0.6 is 0 Å². The van der Waals surface area contributed by atoms with Crippen LogP contribution in [-0.4, -0.2) is 67.3 Å². The average Bonchev–Trinajstić information content (AvgIpc) is 3.29. The van der Waals surface area contributed by atoms with Crippen LogP contribution in [0.1, 0.15) is 48.1 Å². The monoisotopic (exact) mass is 492 g/mol. The zero-order valence-electron chi connectivity index (χ0n) is 21.8. The van der Waals surface area contributed by atoms with Crippen LogP contribution in [0.4, 0.5) is 15.9 Å². The van der Waals surface area contributed by atoms with E-state index in [0.717, 1.165) is 74.6 Å². The van der Waals surface area contributed by atoms with Gasteiger partial charge in [0.25, 0.3) is 0 Å². The second-order valence-electron chi connectivity index (χ2n) is 10.6. The molecule has 2 atom stereocenters. The van der Waals surface area contributed by atoms with Crippen LogP contribution in [-0.2, 0) is 13.0 Å². The van der Waals surface area contributed by atoms with Crippen LogP contribution in [0.25, 0.3) is 4.85 Å². The number of fused-ring (bicyclic) bond motifs is 1. The summed E-state index contributed by atoms with van der Waals surface area (Å²) < 4.78 is 20.7. The Morgan fingerprint density at radius 2 is 1.94 bits per heavy atom. The van der Waals surface area contributed by atoms with Crippen LogP contribution in [0, 0.1) is 32.2 Å². The lowest BCUT2D eigenvalue weighted by molar-refractivity contribution is 0.187. The Morgan fingerprint density at radius 3 is 2.72 bits per heavy atom. The van der Waals surface area contributed by atoms with E-state index in [2.05, 4.69) is 26.6 Å². The minimum Gasteiger partial charge on any atom is -0.462 e. The Morgan fingerprint density at radius 1 is 1.11 bits per heavy atom. The summed E-state index contributed by atoms with van der Waals surface area (Å²) in [5, 5.41) is 0. The highest BCUT2D eigenvalue weighted by Gasteiger charge is 2.31. The van der Waals surface area contributed by atoms with E-state index in [1.54, 1.807) is 6.07 Å². The normalized spacial score (nSPS) is 22.4. The van der Waals surface area contributed by atoms with Gasteiger partial charge < -0.3 is 24.3 Å². The van der Waals surface area contributed by atoms with Gasteiger partial charge in [-0.25, -0.2) is 11.0 Å². The van der Waals surface area contributed by atoms with Crippen molar-refractivity contribution in [2.45, 2.75) is 58.5 Å². The SMILES string of the molecule is [C-]#[N+]C[C@@H]1CCCN(c2nc(OC[C@@H]3CCCN3C)nc3c2CCN(c2c(C)ccc(F)c2C)C3)C1. The van der Waals surface area contributed by atoms with Crippen molar-refractivity contribution in [3.05, 3.63) is 51.8 Å². The smallest absolute Gasteiger partial charge is 0.318 e. The molecule has 1 aromatic heterocycles. The molecule has 0 unspecified atom stereocenters. The first-order valence-electron chi connectivity index (χ1n) is 13.3. The van der Waals surface area contributed by atoms with E-state index in [4.69, 9.17) is 21.3 Å². The number of ether oxygens (including phenoxy) is 1. The maximum Gasteiger partial charge on any atom is 0.318 e. The summed E-state index contributed by atoms with van der Waals surface area (Å²) in [5.74, 6) is 1.17. The Labute approximate surface area is 214 Å². The molecule has 1 aromatic carbocycles. The number of likely N-dealkylation sites (tertiary alicyclic amines) is 1. The number of rotatable bonds is 6. The Hall–Kier alpha value is -2.92. The Balaban J connectivity index is 1.46. The second-order valence-corrected chi connectivity index (χ2v) is 10.6. The molecule has 2 aromatic rings. The number of nitrogens with zero attached hydrogens (tertiary/aromatic N) is 6. The minimum atomic E-state index is -0.173. The van der Waals surface area contributed by atoms with Crippen molar-refractivity contribution in [3.63, 3.8) is 0 Å². The summed E-state index contributed by atoms with van der Waals surface area (Å²) in [5.41, 5.74) is 4.87. The van der Waals surface area contributed by atoms with Crippen LogP contribution < -0.4 is 14.5 Å². The molecule has 3 aliphatic rings. The van der Waals surface area contributed by atoms with E-state index < -0.39 is 0 Å². The van der Waals surface area contributed by atoms with E-state index in [-0.39, 0.29) is 5.82 Å². The molecule has 0 aliphatic carbocycles. The van der Waals surface area contributed by atoms with Gasteiger partial charge in [0, 0.05) is 48.4 Å². The van der Waals surface area contributed by atoms with E-state index in [1.807, 2.05) is 19.9 Å². The van der Waals surface area contributed by atoms with Crippen molar-refractivity contribution in [1.82, 2.24) is 14.9 Å². The van der Waals surface area contributed by atoms with Gasteiger partial charge in [0.2, 0.25) is 6.54 Å². The number of benzene rings is 1. The van der Waals surface area contributed by atoms with Crippen molar-refractivity contribution in [3.8, 4) is 6.01 Å². The van der Waals surface area contributed by atoms with Crippen molar-refractivity contribution < 1.29 is 9.13 Å². The molecule has 0 N–H and O–H groups in total. The number of anilines is 2. The third-order valence-electron chi connectivity index (χ3n) is 8.15. The molecule has 36 heavy (non-hydrogen) atoms. The van der Waals surface area contributed by atoms with Gasteiger partial charge in [-0.2, -0.15) is 9.97 Å². The first-order chi connectivity index (χ1) is 17.4. The molecule has 5 rings (SSSR count). The van der Waals surface area contributed by atoms with E-state index in [1.165, 1.54) is 12.0 Å². The quantitative estimate of drug-likeness (QED) is 0.557. The highest BCUT2D eigenvalue weighted by molar-refractivity contribution is 5.62. The van der Waals surface area contributed by atoms with Crippen molar-refractivity contribution in [2.24, 2.45) is 5.92 Å². The maximum atomic E-state index is 14.5. The summed E-state index contributed by atoms with van der Waals surface area (Å²) in [6.45, 7) is 16.7. The number of aryl methyl sites for hydroxylation is 1. The Bertz CT molecular complexity index is 1150. The number of likely N-dealkylation sites (N-methyl/N-ethyl adjacent to an activating group) is 1. The lowest BCUT2D eigenvalue weighted by Gasteiger charge is -2.37. The van der Waals surface area contributed by atoms with Gasteiger partial charge >= 0.3 is 6.01 Å². The zero-order valence-corrected chi connectivity index (χ0v) is 21.8. The van der Waals surface area contributed by atoms with Gasteiger partial charge in [-0.3, -0.25) is 0 Å². The molecule has 0 bridgehead atoms. The van der Waals surface area contributed by atoms with Gasteiger partial charge in [-0.15, -0.1) is 0 Å². The molecule has 0 radical (unpaired) electrons. The van der Waals surface area contributed by atoms with Crippen LogP contribution in [0.3, 0.4) is 0 Å². The van der Waals surface area contributed by atoms with Crippen molar-refractivity contribution >= 4 is 11.5 Å². The third kappa shape index (κ3) is 4.99. The maximum absolute atomic E-state index is 14.5. The summed E-state index contributed by atoms with van der Waals surface area (Å²) in [6.07, 6.45) is 5.28. The highest BCUT2D eigenvalue weighted by atomic mass is 19.1. The number of aromatic nitrogens is 2. The number of piperidine rings is 1. The highest BCUT2D eigenvalue weighted by Crippen LogP contribution is 2.35. The molecule has 2 saturated heterocycles. The van der Waals surface area contributed by atoms with Crippen molar-refractivity contribution in [1.29, 1.82) is 0 Å². The zero-order chi connectivity index (χ0) is 25.2. The van der Waals surface area contributed by atoms with E-state index in [9.17, 15) is 4.39 Å². The van der Waals surface area contributed by atoms with Gasteiger partial charge in [-0.1, -0.05) is 6.07 Å². The lowest BCUT2D eigenvalue weighted by Crippen LogP contribution is -2.40. The molecule has 0 spiro atoms. The standard InChI is InChI=1S/C28H37FN6O/c1-19-9-10-24(29)20(2)26(19)34-14-11-23-25(17-34)31-28(36-18-22-8-6-12-33(22)4)32-27(23)35-13-5-7-21(16-35)15-30-3/h9-10,21-22H,5-8,11-18H2,1-2,4H3/t21-,22-/m0/s1. The predicted molar refractivity (Wildman–Crippen MR) is 140 cm³/mol. The number of hydrogen-bond acceptors (Lipinski definition) is 6. The fourth-order valence-electron chi connectivity index (χ4n) is 6.10. The summed E-state index contributed by atoms with van der Waals surface area (Å²) in [6, 6.07) is 4.23. The first-order valence-corrected chi connectivity index (χ1v) is 13.3. The van der Waals surface area contributed by atoms with Crippen LogP contribution in [0.5, 0.6) is 6.01 Å². The predicted octanol–water partition coefficient (Wildman–Crippen LogP) is 4.40. The fraction of sp³-hybridized carbons (Fsp3) is 0.607. The molecule has 7 nitrogen and oxygen atoms in total. The summed E-state index contributed by atoms with van der Waals surface area (Å²) in [7, 11) is 2.15. The molecule has 4 heterocycles. The van der Waals surface area contributed by atoms with Crippen molar-refractivity contribution in [2.75, 3.05) is 56.2 Å². The molecule has 8 heteroatoms. The summed E-state index contributed by atoms with van der Waals surface area (Å²) in [4.78, 5) is 20.5. The van der Waals surface area contributed by atoms with Gasteiger partial charge in [0.1, 0.15) is 18.2 Å². The average molecular weight is 493 g/mol. The third-order valence-corrected chi connectivity index (χ3v) is 8.15. The molecule has 0 amide bonds. The van der Waals surface area contributed by atoms with Crippen LogP contribution in [0.15, 0.2) is 12.1 Å². The molecular weight excluding hydrogens is 455 g/mol. The van der Waals surface area contributed by atoms with Gasteiger partial charge in [0.15, 0.2) is 0 Å². The fourth-order valence-corrected chi connectivity index (χ4v) is 6.10. The van der Waals surface area contributed by atoms with E-state index in [0.29, 0.717) is 43.2 Å². The van der Waals surface area contributed by atoms with Crippen LogP contribution in [0.2, 0.25) is 0 Å². The largest absolute Gasteiger partial charge is 0.462 e. The summed E-state index contributed by atoms with van der Waals surface area (Å²) >= 11 is 0. The molecule has 192 valence electrons. The lowest BCUT2D eigenvalue weighted by atomic mass is 9.96. The topological polar surface area (TPSA) is 49.1 Å². The molecular formula is C28H37FN6O. The number of hydrogen-bond donors (Lipinski definition) is 0. The molecule has 2 fully saturated rings. The van der Waals surface area contributed by atoms with E-state index >= 15 is 0 Å². The molecule has 0 saturated carbocycles. The first kappa shape index (κ1) is 24.8. The number of halogens is 1.